The largest absolute Gasteiger partial charge is 0.490 e. The predicted molar refractivity (Wildman–Crippen MR) is 174 cm³/mol. The van der Waals surface area contributed by atoms with Crippen LogP contribution in [0.5, 0.6) is 5.75 Å². The van der Waals surface area contributed by atoms with Gasteiger partial charge in [-0.05, 0) is 75.3 Å². The summed E-state index contributed by atoms with van der Waals surface area (Å²) in [6, 6.07) is 12.1. The van der Waals surface area contributed by atoms with E-state index >= 15 is 0 Å². The summed E-state index contributed by atoms with van der Waals surface area (Å²) in [5, 5.41) is 12.9. The zero-order chi connectivity index (χ0) is 35.7. The number of amides is 2. The molecule has 49 heavy (non-hydrogen) atoms. The summed E-state index contributed by atoms with van der Waals surface area (Å²) in [6.45, 7) is 3.65. The number of carboxylic acids is 1. The first-order chi connectivity index (χ1) is 23.2. The number of rotatable bonds is 7. The van der Waals surface area contributed by atoms with E-state index in [1.54, 1.807) is 12.1 Å². The molecular formula is C33H34ClF4N5O6. The molecule has 2 fully saturated rings. The van der Waals surface area contributed by atoms with Crippen molar-refractivity contribution in [3.63, 3.8) is 0 Å². The number of aromatic nitrogens is 1. The number of hydrogen-bond acceptors (Lipinski definition) is 8. The van der Waals surface area contributed by atoms with Crippen molar-refractivity contribution in [3.05, 3.63) is 76.7 Å². The van der Waals surface area contributed by atoms with Gasteiger partial charge in [0.25, 0.3) is 11.8 Å². The predicted octanol–water partition coefficient (Wildman–Crippen LogP) is 6.04. The van der Waals surface area contributed by atoms with Crippen molar-refractivity contribution in [2.45, 2.75) is 44.4 Å². The van der Waals surface area contributed by atoms with Gasteiger partial charge in [0.1, 0.15) is 23.2 Å². The molecule has 16 heteroatoms. The number of Topliss-reactive ketones (excluding diaryl/α,β-unsaturated/α-hetero) is 1. The summed E-state index contributed by atoms with van der Waals surface area (Å²) in [5.41, 5.74) is 1.28. The first-order valence-electron chi connectivity index (χ1n) is 15.3. The second-order valence-electron chi connectivity index (χ2n) is 11.4. The molecule has 2 amide bonds. The van der Waals surface area contributed by atoms with Crippen LogP contribution in [0.2, 0.25) is 5.02 Å². The first kappa shape index (κ1) is 37.1. The number of halogens is 5. The molecule has 1 aliphatic heterocycles. The number of alkyl halides is 3. The molecular weight excluding hydrogens is 674 g/mol. The van der Waals surface area contributed by atoms with Gasteiger partial charge in [0.2, 0.25) is 0 Å². The molecule has 0 unspecified atom stereocenters. The van der Waals surface area contributed by atoms with Crippen LogP contribution in [0, 0.1) is 5.82 Å². The highest BCUT2D eigenvalue weighted by atomic mass is 35.5. The molecule has 0 spiro atoms. The lowest BCUT2D eigenvalue weighted by atomic mass is 9.96. The monoisotopic (exact) mass is 707 g/mol. The minimum Gasteiger partial charge on any atom is -0.489 e. The van der Waals surface area contributed by atoms with Gasteiger partial charge in [0, 0.05) is 50.4 Å². The molecule has 3 aromatic rings. The summed E-state index contributed by atoms with van der Waals surface area (Å²) in [4.78, 5) is 56.0. The molecule has 11 nitrogen and oxygen atoms in total. The maximum atomic E-state index is 14.2. The number of carboxylic acid groups (broad SMARTS) is 1. The van der Waals surface area contributed by atoms with E-state index in [1.165, 1.54) is 24.4 Å². The van der Waals surface area contributed by atoms with Crippen LogP contribution >= 0.6 is 11.6 Å². The van der Waals surface area contributed by atoms with E-state index in [0.717, 1.165) is 44.4 Å². The number of pyridine rings is 1. The SMILES string of the molecule is CN1CCCN(c2ccc(C(=O)Nc3ccc(F)cc3C(=O)Nc3ccc(Cl)cn3)c(OC3CCC(=O)CC3)c2)CC1.O=C(O)C(F)(F)F. The average Bonchev–Trinajstić information content (AvgIpc) is 3.28. The topological polar surface area (TPSA) is 141 Å². The normalized spacial score (nSPS) is 15.8. The molecule has 0 bridgehead atoms. The molecule has 0 radical (unpaired) electrons. The van der Waals surface area contributed by atoms with Crippen molar-refractivity contribution in [1.29, 1.82) is 0 Å². The Labute approximate surface area is 284 Å². The van der Waals surface area contributed by atoms with Gasteiger partial charge in [-0.25, -0.2) is 14.2 Å². The van der Waals surface area contributed by atoms with Crippen molar-refractivity contribution >= 4 is 52.4 Å². The number of nitrogens with zero attached hydrogens (tertiary/aromatic N) is 3. The van der Waals surface area contributed by atoms with Gasteiger partial charge in [0.05, 0.1) is 27.9 Å². The van der Waals surface area contributed by atoms with Gasteiger partial charge in [-0.3, -0.25) is 14.4 Å². The second-order valence-corrected chi connectivity index (χ2v) is 11.9. The lowest BCUT2D eigenvalue weighted by molar-refractivity contribution is -0.192. The fourth-order valence-corrected chi connectivity index (χ4v) is 5.26. The van der Waals surface area contributed by atoms with Crippen molar-refractivity contribution in [3.8, 4) is 5.75 Å². The standard InChI is InChI=1S/C31H33ClFN5O4.C2HF3O2/c1-37-13-2-14-38(16-15-37)22-5-10-25(28(18-22)42-24-8-6-23(39)7-9-24)30(40)35-27-11-4-21(33)17-26(27)31(41)36-29-12-3-20(32)19-34-29;3-2(4,5)1(6)7/h3-5,10-12,17-19,24H,2,6-9,13-16H2,1H3,(H,35,40)(H,34,36,41);(H,6,7). The quantitative estimate of drug-likeness (QED) is 0.251. The Morgan fingerprint density at radius 1 is 0.939 bits per heavy atom. The molecule has 2 aliphatic rings. The Morgan fingerprint density at radius 3 is 2.29 bits per heavy atom. The number of nitrogens with one attached hydrogen (secondary N) is 2. The summed E-state index contributed by atoms with van der Waals surface area (Å²) in [7, 11) is 2.10. The third-order valence-corrected chi connectivity index (χ3v) is 7.99. The average molecular weight is 708 g/mol. The lowest BCUT2D eigenvalue weighted by Crippen LogP contribution is -2.29. The van der Waals surface area contributed by atoms with Crippen LogP contribution in [0.3, 0.4) is 0 Å². The summed E-state index contributed by atoms with van der Waals surface area (Å²) >= 11 is 5.87. The number of ketones is 1. The Bertz CT molecular complexity index is 1660. The van der Waals surface area contributed by atoms with E-state index in [2.05, 4.69) is 32.5 Å². The maximum absolute atomic E-state index is 14.2. The smallest absolute Gasteiger partial charge is 0.489 e. The van der Waals surface area contributed by atoms with Crippen LogP contribution < -0.4 is 20.3 Å². The Balaban J connectivity index is 0.000000698. The number of carbonyl (C=O) groups excluding carboxylic acids is 3. The third-order valence-electron chi connectivity index (χ3n) is 7.76. The number of benzene rings is 2. The minimum atomic E-state index is -5.08. The highest BCUT2D eigenvalue weighted by Crippen LogP contribution is 2.31. The van der Waals surface area contributed by atoms with Crippen LogP contribution in [0.25, 0.3) is 0 Å². The molecule has 3 N–H and O–H groups in total. The van der Waals surface area contributed by atoms with E-state index in [0.29, 0.717) is 36.5 Å². The fourth-order valence-electron chi connectivity index (χ4n) is 5.14. The number of carbonyl (C=O) groups is 4. The highest BCUT2D eigenvalue weighted by molar-refractivity contribution is 6.30. The van der Waals surface area contributed by atoms with Crippen molar-refractivity contribution < 1.29 is 46.6 Å². The number of aliphatic carboxylic acids is 1. The molecule has 262 valence electrons. The molecule has 1 aromatic heterocycles. The number of ether oxygens (including phenoxy) is 1. The molecule has 0 atom stereocenters. The summed E-state index contributed by atoms with van der Waals surface area (Å²) < 4.78 is 52.3. The van der Waals surface area contributed by atoms with Gasteiger partial charge in [-0.15, -0.1) is 0 Å². The zero-order valence-electron chi connectivity index (χ0n) is 26.4. The first-order valence-corrected chi connectivity index (χ1v) is 15.7. The Morgan fingerprint density at radius 2 is 1.63 bits per heavy atom. The van der Waals surface area contributed by atoms with Crippen molar-refractivity contribution in [1.82, 2.24) is 9.88 Å². The fraction of sp³-hybridized carbons (Fsp3) is 0.364. The van der Waals surface area contributed by atoms with Crippen molar-refractivity contribution in [2.24, 2.45) is 0 Å². The van der Waals surface area contributed by atoms with E-state index < -0.39 is 29.8 Å². The maximum Gasteiger partial charge on any atom is 0.490 e. The van der Waals surface area contributed by atoms with E-state index in [4.69, 9.17) is 26.2 Å². The van der Waals surface area contributed by atoms with Gasteiger partial charge >= 0.3 is 12.1 Å². The number of likely N-dealkylation sites (N-methyl/N-ethyl adjacent to an activating group) is 1. The van der Waals surface area contributed by atoms with Crippen LogP contribution in [0.4, 0.5) is 34.8 Å². The van der Waals surface area contributed by atoms with Crippen LogP contribution in [-0.4, -0.2) is 84.1 Å². The Kier molecular flexibility index (Phi) is 12.5. The van der Waals surface area contributed by atoms with Gasteiger partial charge in [-0.1, -0.05) is 11.6 Å². The summed E-state index contributed by atoms with van der Waals surface area (Å²) in [5.74, 6) is -3.71. The molecule has 2 heterocycles. The zero-order valence-corrected chi connectivity index (χ0v) is 27.1. The highest BCUT2D eigenvalue weighted by Gasteiger charge is 2.38. The van der Waals surface area contributed by atoms with E-state index in [-0.39, 0.29) is 34.5 Å². The summed E-state index contributed by atoms with van der Waals surface area (Å²) in [6.07, 6.45) is -0.830. The van der Waals surface area contributed by atoms with Gasteiger partial charge < -0.3 is 30.3 Å². The molecule has 5 rings (SSSR count). The number of hydrogen-bond donors (Lipinski definition) is 3. The Hall–Kier alpha value is -4.76. The van der Waals surface area contributed by atoms with Crippen LogP contribution in [0.1, 0.15) is 52.8 Å². The van der Waals surface area contributed by atoms with E-state index in [1.807, 2.05) is 12.1 Å². The minimum absolute atomic E-state index is 0.0707. The van der Waals surface area contributed by atoms with Crippen LogP contribution in [0.15, 0.2) is 54.7 Å². The van der Waals surface area contributed by atoms with Gasteiger partial charge in [-0.2, -0.15) is 13.2 Å². The van der Waals surface area contributed by atoms with E-state index in [9.17, 15) is 31.9 Å². The third kappa shape index (κ3) is 10.9. The molecule has 1 aliphatic carbocycles. The van der Waals surface area contributed by atoms with Gasteiger partial charge in [0.15, 0.2) is 0 Å². The number of anilines is 3. The molecule has 2 aromatic carbocycles. The van der Waals surface area contributed by atoms with Crippen molar-refractivity contribution in [2.75, 3.05) is 48.8 Å². The van der Waals surface area contributed by atoms with Crippen LogP contribution in [-0.2, 0) is 9.59 Å². The molecule has 1 saturated heterocycles. The molecule has 1 saturated carbocycles. The second kappa shape index (κ2) is 16.6. The lowest BCUT2D eigenvalue weighted by Gasteiger charge is -2.27.